The molecular formula is C24H21Cl2SZr. The van der Waals surface area contributed by atoms with Crippen molar-refractivity contribution in [2.24, 2.45) is 0 Å². The number of hydrogen-bond acceptors (Lipinski definition) is 1. The standard InChI is InChI=1S/C16H13.C8H8S.2ClH.Zr/c1-12-10-14-8-5-9-15(16(14)11-12)13-6-3-2-4-7-13;1-6-2-7-4-9-5-8(7)3-6;;;/h2-11H,1H3;2-4H,5H2,1H3;2*1H;/q-1;;;;+3/p-2. The van der Waals surface area contributed by atoms with Crippen molar-refractivity contribution in [1.82, 2.24) is 0 Å². The van der Waals surface area contributed by atoms with Gasteiger partial charge in [0.25, 0.3) is 0 Å². The molecule has 0 amide bonds. The van der Waals surface area contributed by atoms with Gasteiger partial charge in [-0.2, -0.15) is 6.07 Å². The molecule has 0 aromatic heterocycles. The fourth-order valence-corrected chi connectivity index (χ4v) is 4.36. The maximum absolute atomic E-state index is 2.27. The van der Waals surface area contributed by atoms with Crippen LogP contribution in [0.3, 0.4) is 0 Å². The fourth-order valence-electron chi connectivity index (χ4n) is 3.45. The van der Waals surface area contributed by atoms with Gasteiger partial charge >= 0.3 is 26.2 Å². The van der Waals surface area contributed by atoms with Crippen LogP contribution in [0.25, 0.3) is 21.9 Å². The van der Waals surface area contributed by atoms with Crippen LogP contribution < -0.4 is 24.8 Å². The van der Waals surface area contributed by atoms with Crippen molar-refractivity contribution in [3.05, 3.63) is 101 Å². The summed E-state index contributed by atoms with van der Waals surface area (Å²) in [5, 5.41) is 4.92. The third-order valence-corrected chi connectivity index (χ3v) is 5.48. The molecule has 0 fully saturated rings. The molecule has 0 saturated carbocycles. The Morgan fingerprint density at radius 3 is 2.36 bits per heavy atom. The number of aryl methyl sites for hydroxylation is 1. The van der Waals surface area contributed by atoms with Crippen molar-refractivity contribution in [2.45, 2.75) is 13.8 Å². The molecule has 1 aliphatic carbocycles. The summed E-state index contributed by atoms with van der Waals surface area (Å²) in [6, 6.07) is 21.6. The first-order valence-corrected chi connectivity index (χ1v) is 9.68. The molecule has 0 unspecified atom stereocenters. The van der Waals surface area contributed by atoms with E-state index in [9.17, 15) is 0 Å². The number of rotatable bonds is 1. The first-order chi connectivity index (χ1) is 12.2. The molecule has 1 radical (unpaired) electrons. The van der Waals surface area contributed by atoms with E-state index in [-0.39, 0.29) is 51.0 Å². The molecule has 2 aliphatic rings. The van der Waals surface area contributed by atoms with E-state index in [0.717, 1.165) is 0 Å². The van der Waals surface area contributed by atoms with E-state index in [1.54, 1.807) is 0 Å². The van der Waals surface area contributed by atoms with Gasteiger partial charge in [0.05, 0.1) is 0 Å². The Morgan fingerprint density at radius 1 is 0.893 bits per heavy atom. The van der Waals surface area contributed by atoms with Crippen LogP contribution in [0.1, 0.15) is 12.5 Å². The van der Waals surface area contributed by atoms with Crippen LogP contribution in [0.15, 0.2) is 94.9 Å². The van der Waals surface area contributed by atoms with E-state index >= 15 is 0 Å². The van der Waals surface area contributed by atoms with Gasteiger partial charge in [-0.05, 0) is 29.0 Å². The molecule has 1 heterocycles. The quantitative estimate of drug-likeness (QED) is 0.448. The molecule has 3 aromatic carbocycles. The average molecular weight is 504 g/mol. The molecule has 0 nitrogen and oxygen atoms in total. The van der Waals surface area contributed by atoms with Crippen LogP contribution in [0.2, 0.25) is 0 Å². The van der Waals surface area contributed by atoms with Gasteiger partial charge in [0, 0.05) is 5.75 Å². The normalized spacial score (nSPS) is 13.6. The van der Waals surface area contributed by atoms with E-state index in [1.807, 2.05) is 11.8 Å². The molecule has 0 N–H and O–H groups in total. The van der Waals surface area contributed by atoms with Crippen molar-refractivity contribution >= 4 is 22.5 Å². The van der Waals surface area contributed by atoms with Gasteiger partial charge in [-0.3, -0.25) is 0 Å². The average Bonchev–Trinajstić information content (AvgIpc) is 3.29. The van der Waals surface area contributed by atoms with Crippen LogP contribution in [0.5, 0.6) is 0 Å². The number of thioether (sulfide) groups is 1. The van der Waals surface area contributed by atoms with Gasteiger partial charge in [0.2, 0.25) is 0 Å². The smallest absolute Gasteiger partial charge is 1.00 e. The minimum Gasteiger partial charge on any atom is -1.00 e. The molecule has 1 aliphatic heterocycles. The minimum absolute atomic E-state index is 0. The van der Waals surface area contributed by atoms with Gasteiger partial charge in [-0.1, -0.05) is 66.6 Å². The van der Waals surface area contributed by atoms with Crippen LogP contribution in [-0.2, 0) is 26.2 Å². The van der Waals surface area contributed by atoms with Crippen molar-refractivity contribution in [2.75, 3.05) is 5.75 Å². The number of benzene rings is 2. The van der Waals surface area contributed by atoms with Crippen molar-refractivity contribution in [3.63, 3.8) is 0 Å². The molecule has 0 atom stereocenters. The van der Waals surface area contributed by atoms with Gasteiger partial charge in [-0.25, -0.2) is 0 Å². The molecule has 0 bridgehead atoms. The zero-order valence-electron chi connectivity index (χ0n) is 15.9. The second-order valence-corrected chi connectivity index (χ2v) is 7.51. The molecule has 0 spiro atoms. The summed E-state index contributed by atoms with van der Waals surface area (Å²) in [6.07, 6.45) is 4.52. The van der Waals surface area contributed by atoms with Gasteiger partial charge in [-0.15, -0.1) is 46.3 Å². The molecular weight excluding hydrogens is 482 g/mol. The van der Waals surface area contributed by atoms with E-state index in [1.165, 1.54) is 49.9 Å². The van der Waals surface area contributed by atoms with Gasteiger partial charge in [0.15, 0.2) is 0 Å². The van der Waals surface area contributed by atoms with Crippen LogP contribution >= 0.6 is 11.8 Å². The second kappa shape index (κ2) is 11.3. The Bertz CT molecular complexity index is 1010. The maximum Gasteiger partial charge on any atom is 3.00 e. The Hall–Kier alpha value is -0.917. The maximum atomic E-state index is 2.27. The first kappa shape index (κ1) is 25.1. The summed E-state index contributed by atoms with van der Waals surface area (Å²) in [5.41, 5.74) is 8.30. The monoisotopic (exact) mass is 501 g/mol. The second-order valence-electron chi connectivity index (χ2n) is 6.65. The summed E-state index contributed by atoms with van der Waals surface area (Å²) in [5.74, 6) is 1.18. The van der Waals surface area contributed by atoms with Gasteiger partial charge in [0.1, 0.15) is 0 Å². The Labute approximate surface area is 203 Å². The number of halogens is 2. The third-order valence-electron chi connectivity index (χ3n) is 4.58. The predicted octanol–water partition coefficient (Wildman–Crippen LogP) is 1.04. The van der Waals surface area contributed by atoms with E-state index in [4.69, 9.17) is 0 Å². The molecule has 5 rings (SSSR count). The van der Waals surface area contributed by atoms with Crippen LogP contribution in [-0.4, -0.2) is 5.75 Å². The van der Waals surface area contributed by atoms with Crippen molar-refractivity contribution < 1.29 is 51.0 Å². The number of allylic oxidation sites excluding steroid dienone is 4. The van der Waals surface area contributed by atoms with Gasteiger partial charge < -0.3 is 24.8 Å². The summed E-state index contributed by atoms with van der Waals surface area (Å²) in [6.45, 7) is 4.30. The molecule has 4 heteroatoms. The van der Waals surface area contributed by atoms with Crippen molar-refractivity contribution in [1.29, 1.82) is 0 Å². The summed E-state index contributed by atoms with van der Waals surface area (Å²) < 4.78 is 0. The SMILES string of the molecule is CC1=CC2=CSCC2=C1.Cc1cc2c(-c3ccccc3)cccc2[cH-]1.[Cl-].[Cl-].[Zr+3]. The predicted molar refractivity (Wildman–Crippen MR) is 112 cm³/mol. The summed E-state index contributed by atoms with van der Waals surface area (Å²) in [7, 11) is 0. The van der Waals surface area contributed by atoms with E-state index < -0.39 is 0 Å². The third kappa shape index (κ3) is 5.58. The molecule has 28 heavy (non-hydrogen) atoms. The first-order valence-electron chi connectivity index (χ1n) is 8.63. The molecule has 141 valence electrons. The largest absolute Gasteiger partial charge is 3.00 e. The Morgan fingerprint density at radius 2 is 1.64 bits per heavy atom. The fraction of sp³-hybridized carbons (Fsp3) is 0.125. The Balaban J connectivity index is 0.000000284. The topological polar surface area (TPSA) is 0 Å². The van der Waals surface area contributed by atoms with E-state index in [2.05, 4.69) is 92.1 Å². The Kier molecular flexibility index (Phi) is 10.2. The number of hydrogen-bond donors (Lipinski definition) is 0. The molecule has 3 aromatic rings. The van der Waals surface area contributed by atoms with Crippen LogP contribution in [0.4, 0.5) is 0 Å². The number of fused-ring (bicyclic) bond motifs is 2. The summed E-state index contributed by atoms with van der Waals surface area (Å²) >= 11 is 1.89. The zero-order valence-corrected chi connectivity index (χ0v) is 20.7. The van der Waals surface area contributed by atoms with Crippen molar-refractivity contribution in [3.8, 4) is 11.1 Å². The van der Waals surface area contributed by atoms with E-state index in [0.29, 0.717) is 0 Å². The summed E-state index contributed by atoms with van der Waals surface area (Å²) in [4.78, 5) is 0. The molecule has 0 saturated heterocycles. The van der Waals surface area contributed by atoms with Crippen LogP contribution in [0, 0.1) is 6.92 Å². The minimum atomic E-state index is 0. The zero-order chi connectivity index (χ0) is 17.2.